The molecule has 2 aromatic carbocycles. The second-order valence-corrected chi connectivity index (χ2v) is 8.93. The highest BCUT2D eigenvalue weighted by atomic mass is 16.6. The van der Waals surface area contributed by atoms with Gasteiger partial charge in [0.1, 0.15) is 11.7 Å². The summed E-state index contributed by atoms with van der Waals surface area (Å²) < 4.78 is 22.3. The molecule has 1 amide bonds. The van der Waals surface area contributed by atoms with Gasteiger partial charge in [0.2, 0.25) is 0 Å². The number of ether oxygens (including phenoxy) is 4. The van der Waals surface area contributed by atoms with Gasteiger partial charge in [-0.25, -0.2) is 4.79 Å². The minimum atomic E-state index is -0.574. The van der Waals surface area contributed by atoms with Crippen LogP contribution in [0.15, 0.2) is 60.9 Å². The smallest absolute Gasteiger partial charge is 0.408 e. The Morgan fingerprint density at radius 2 is 1.75 bits per heavy atom. The zero-order chi connectivity index (χ0) is 23.1. The van der Waals surface area contributed by atoms with Crippen LogP contribution in [0.3, 0.4) is 0 Å². The fraction of sp³-hybridized carbons (Fsp3) is 0.423. The molecule has 1 heterocycles. The molecule has 32 heavy (non-hydrogen) atoms. The predicted octanol–water partition coefficient (Wildman–Crippen LogP) is 4.91. The van der Waals surface area contributed by atoms with Gasteiger partial charge in [-0.3, -0.25) is 0 Å². The van der Waals surface area contributed by atoms with Crippen LogP contribution in [0.4, 0.5) is 4.79 Å². The van der Waals surface area contributed by atoms with Crippen molar-refractivity contribution in [3.8, 4) is 11.5 Å². The molecule has 0 unspecified atom stereocenters. The SMILES string of the molecule is COc1ccc(C[C@@H]2C=CO[C@@H]2[C@H](Cc2ccccc2)NC(=O)OC(C)(C)C)cc1OC. The van der Waals surface area contributed by atoms with E-state index in [4.69, 9.17) is 18.9 Å². The van der Waals surface area contributed by atoms with E-state index in [1.165, 1.54) is 0 Å². The topological polar surface area (TPSA) is 66.0 Å². The Morgan fingerprint density at radius 1 is 1.03 bits per heavy atom. The number of carbonyl (C=O) groups excluding carboxylic acids is 1. The molecular formula is C26H33NO5. The van der Waals surface area contributed by atoms with E-state index in [9.17, 15) is 4.79 Å². The molecule has 3 rings (SSSR count). The lowest BCUT2D eigenvalue weighted by atomic mass is 9.88. The molecule has 0 bridgehead atoms. The number of amides is 1. The second-order valence-electron chi connectivity index (χ2n) is 8.93. The fourth-order valence-corrected chi connectivity index (χ4v) is 3.88. The molecule has 0 aromatic heterocycles. The van der Waals surface area contributed by atoms with E-state index in [0.717, 1.165) is 17.5 Å². The molecular weight excluding hydrogens is 406 g/mol. The quantitative estimate of drug-likeness (QED) is 0.633. The fourth-order valence-electron chi connectivity index (χ4n) is 3.88. The van der Waals surface area contributed by atoms with Crippen molar-refractivity contribution in [2.75, 3.05) is 14.2 Å². The Labute approximate surface area is 190 Å². The third-order valence-corrected chi connectivity index (χ3v) is 5.30. The molecule has 0 aliphatic carbocycles. The second kappa shape index (κ2) is 10.4. The maximum Gasteiger partial charge on any atom is 0.408 e. The van der Waals surface area contributed by atoms with Crippen molar-refractivity contribution in [3.05, 3.63) is 72.0 Å². The van der Waals surface area contributed by atoms with Crippen LogP contribution in [0, 0.1) is 5.92 Å². The summed E-state index contributed by atoms with van der Waals surface area (Å²) >= 11 is 0. The Bertz CT molecular complexity index is 920. The van der Waals surface area contributed by atoms with Gasteiger partial charge in [-0.15, -0.1) is 0 Å². The first-order valence-electron chi connectivity index (χ1n) is 10.9. The van der Waals surface area contributed by atoms with Crippen LogP contribution < -0.4 is 14.8 Å². The van der Waals surface area contributed by atoms with E-state index >= 15 is 0 Å². The zero-order valence-corrected chi connectivity index (χ0v) is 19.5. The summed E-state index contributed by atoms with van der Waals surface area (Å²) in [5.74, 6) is 1.47. The van der Waals surface area contributed by atoms with Gasteiger partial charge in [0.05, 0.1) is 26.5 Å². The molecule has 1 aliphatic heterocycles. The van der Waals surface area contributed by atoms with E-state index in [1.54, 1.807) is 20.5 Å². The van der Waals surface area contributed by atoms with Crippen LogP contribution in [0.2, 0.25) is 0 Å². The number of methoxy groups -OCH3 is 2. The van der Waals surface area contributed by atoms with Crippen LogP contribution in [0.25, 0.3) is 0 Å². The van der Waals surface area contributed by atoms with Gasteiger partial charge in [0.25, 0.3) is 0 Å². The lowest BCUT2D eigenvalue weighted by Gasteiger charge is -2.30. The molecule has 1 aliphatic rings. The van der Waals surface area contributed by atoms with Crippen molar-refractivity contribution < 1.29 is 23.7 Å². The van der Waals surface area contributed by atoms with Crippen LogP contribution in [0.1, 0.15) is 31.9 Å². The highest BCUT2D eigenvalue weighted by molar-refractivity contribution is 5.68. The van der Waals surface area contributed by atoms with Gasteiger partial charge in [-0.1, -0.05) is 36.4 Å². The van der Waals surface area contributed by atoms with Crippen molar-refractivity contribution in [3.63, 3.8) is 0 Å². The van der Waals surface area contributed by atoms with Gasteiger partial charge in [0, 0.05) is 5.92 Å². The summed E-state index contributed by atoms with van der Waals surface area (Å²) in [5.41, 5.74) is 1.65. The number of benzene rings is 2. The first-order chi connectivity index (χ1) is 15.3. The number of nitrogens with one attached hydrogen (secondary N) is 1. The van der Waals surface area contributed by atoms with Crippen LogP contribution in [-0.4, -0.2) is 38.1 Å². The average Bonchev–Trinajstić information content (AvgIpc) is 3.20. The molecule has 6 nitrogen and oxygen atoms in total. The molecule has 2 aromatic rings. The Hall–Kier alpha value is -3.15. The third kappa shape index (κ3) is 6.42. The normalized spacial score (nSPS) is 18.5. The highest BCUT2D eigenvalue weighted by Gasteiger charge is 2.35. The van der Waals surface area contributed by atoms with Crippen LogP contribution in [0.5, 0.6) is 11.5 Å². The minimum Gasteiger partial charge on any atom is -0.496 e. The van der Waals surface area contributed by atoms with E-state index in [1.807, 2.05) is 57.2 Å². The maximum atomic E-state index is 12.6. The van der Waals surface area contributed by atoms with Gasteiger partial charge < -0.3 is 24.3 Å². The Balaban J connectivity index is 1.79. The van der Waals surface area contributed by atoms with Gasteiger partial charge in [-0.05, 0) is 62.9 Å². The molecule has 3 atom stereocenters. The summed E-state index contributed by atoms with van der Waals surface area (Å²) in [6.45, 7) is 5.56. The molecule has 0 spiro atoms. The molecule has 0 fully saturated rings. The number of alkyl carbamates (subject to hydrolysis) is 1. The molecule has 0 saturated carbocycles. The predicted molar refractivity (Wildman–Crippen MR) is 124 cm³/mol. The van der Waals surface area contributed by atoms with Crippen molar-refractivity contribution in [1.82, 2.24) is 5.32 Å². The Kier molecular flexibility index (Phi) is 7.67. The minimum absolute atomic E-state index is 0.0803. The first kappa shape index (κ1) is 23.5. The summed E-state index contributed by atoms with van der Waals surface area (Å²) in [7, 11) is 3.25. The van der Waals surface area contributed by atoms with E-state index in [2.05, 4.69) is 23.5 Å². The number of rotatable bonds is 8. The summed E-state index contributed by atoms with van der Waals surface area (Å²) in [4.78, 5) is 12.6. The Morgan fingerprint density at radius 3 is 2.41 bits per heavy atom. The highest BCUT2D eigenvalue weighted by Crippen LogP contribution is 2.31. The van der Waals surface area contributed by atoms with Crippen molar-refractivity contribution in [1.29, 1.82) is 0 Å². The molecule has 6 heteroatoms. The first-order valence-corrected chi connectivity index (χ1v) is 10.9. The number of hydrogen-bond donors (Lipinski definition) is 1. The van der Waals surface area contributed by atoms with Crippen molar-refractivity contribution in [2.45, 2.75) is 51.4 Å². The lowest BCUT2D eigenvalue weighted by Crippen LogP contribution is -2.49. The number of carbonyl (C=O) groups is 1. The molecule has 0 radical (unpaired) electrons. The molecule has 0 saturated heterocycles. The van der Waals surface area contributed by atoms with E-state index in [-0.39, 0.29) is 18.1 Å². The summed E-state index contributed by atoms with van der Waals surface area (Å²) in [6, 6.07) is 15.7. The van der Waals surface area contributed by atoms with Crippen molar-refractivity contribution >= 4 is 6.09 Å². The summed E-state index contributed by atoms with van der Waals surface area (Å²) in [6.07, 6.45) is 4.48. The van der Waals surface area contributed by atoms with E-state index in [0.29, 0.717) is 17.9 Å². The van der Waals surface area contributed by atoms with Gasteiger partial charge >= 0.3 is 6.09 Å². The maximum absolute atomic E-state index is 12.6. The standard InChI is InChI=1S/C26H33NO5/c1-26(2,3)32-25(28)27-21(16-18-9-7-6-8-10-18)24-20(13-14-31-24)15-19-11-12-22(29-4)23(17-19)30-5/h6-14,17,20-21,24H,15-16H2,1-5H3,(H,27,28)/t20-,21-,24-/m0/s1. The molecule has 1 N–H and O–H groups in total. The van der Waals surface area contributed by atoms with Crippen LogP contribution in [-0.2, 0) is 22.3 Å². The lowest BCUT2D eigenvalue weighted by molar-refractivity contribution is 0.0383. The third-order valence-electron chi connectivity index (χ3n) is 5.30. The average molecular weight is 440 g/mol. The monoisotopic (exact) mass is 439 g/mol. The largest absolute Gasteiger partial charge is 0.496 e. The molecule has 172 valence electrons. The van der Waals surface area contributed by atoms with Gasteiger partial charge in [-0.2, -0.15) is 0 Å². The summed E-state index contributed by atoms with van der Waals surface area (Å²) in [5, 5.41) is 3.05. The van der Waals surface area contributed by atoms with Gasteiger partial charge in [0.15, 0.2) is 11.5 Å². The van der Waals surface area contributed by atoms with E-state index < -0.39 is 11.7 Å². The number of hydrogen-bond acceptors (Lipinski definition) is 5. The van der Waals surface area contributed by atoms with Crippen LogP contribution >= 0.6 is 0 Å². The zero-order valence-electron chi connectivity index (χ0n) is 19.5. The van der Waals surface area contributed by atoms with Crippen molar-refractivity contribution in [2.24, 2.45) is 5.92 Å².